The number of hydrogen-bond acceptors (Lipinski definition) is 1. The number of benzene rings is 1. The van der Waals surface area contributed by atoms with E-state index in [0.717, 1.165) is 0 Å². The van der Waals surface area contributed by atoms with E-state index in [1.54, 1.807) is 0 Å². The molecule has 13 heavy (non-hydrogen) atoms. The summed E-state index contributed by atoms with van der Waals surface area (Å²) in [6.07, 6.45) is 5.78. The molecular weight excluding hydrogens is 160 g/mol. The SMILES string of the molecule is C#CCCOCc1ccc(C)cc1. The Kier molecular flexibility index (Phi) is 4.08. The smallest absolute Gasteiger partial charge is 0.0717 e. The molecule has 0 aliphatic heterocycles. The molecule has 0 spiro atoms. The van der Waals surface area contributed by atoms with Crippen molar-refractivity contribution in [2.75, 3.05) is 6.61 Å². The maximum absolute atomic E-state index is 5.36. The van der Waals surface area contributed by atoms with Crippen molar-refractivity contribution in [1.29, 1.82) is 0 Å². The molecule has 0 atom stereocenters. The molecule has 0 radical (unpaired) electrons. The van der Waals surface area contributed by atoms with Crippen molar-refractivity contribution in [1.82, 2.24) is 0 Å². The van der Waals surface area contributed by atoms with Gasteiger partial charge in [-0.15, -0.1) is 12.3 Å². The Morgan fingerprint density at radius 1 is 1.31 bits per heavy atom. The Labute approximate surface area is 79.7 Å². The highest BCUT2D eigenvalue weighted by atomic mass is 16.5. The van der Waals surface area contributed by atoms with Crippen molar-refractivity contribution in [3.05, 3.63) is 35.4 Å². The van der Waals surface area contributed by atoms with E-state index in [1.807, 2.05) is 0 Å². The van der Waals surface area contributed by atoms with Crippen molar-refractivity contribution >= 4 is 0 Å². The highest BCUT2D eigenvalue weighted by Gasteiger charge is 1.91. The minimum atomic E-state index is 0.643. The lowest BCUT2D eigenvalue weighted by Crippen LogP contribution is -1.94. The average Bonchev–Trinajstić information content (AvgIpc) is 2.15. The van der Waals surface area contributed by atoms with Crippen LogP contribution in [0.2, 0.25) is 0 Å². The number of ether oxygens (including phenoxy) is 1. The number of aryl methyl sites for hydroxylation is 1. The Hall–Kier alpha value is -1.26. The van der Waals surface area contributed by atoms with Crippen LogP contribution < -0.4 is 0 Å². The molecule has 0 aliphatic rings. The zero-order chi connectivity index (χ0) is 9.52. The minimum absolute atomic E-state index is 0.643. The summed E-state index contributed by atoms with van der Waals surface area (Å²) in [4.78, 5) is 0. The van der Waals surface area contributed by atoms with E-state index in [9.17, 15) is 0 Å². The molecule has 0 aromatic heterocycles. The van der Waals surface area contributed by atoms with E-state index in [0.29, 0.717) is 19.6 Å². The highest BCUT2D eigenvalue weighted by molar-refractivity contribution is 5.20. The van der Waals surface area contributed by atoms with Crippen LogP contribution in [0.1, 0.15) is 17.5 Å². The molecule has 1 rings (SSSR count). The van der Waals surface area contributed by atoms with Crippen molar-refractivity contribution in [3.63, 3.8) is 0 Å². The summed E-state index contributed by atoms with van der Waals surface area (Å²) >= 11 is 0. The van der Waals surface area contributed by atoms with Gasteiger partial charge in [0.15, 0.2) is 0 Å². The summed E-state index contributed by atoms with van der Waals surface area (Å²) in [7, 11) is 0. The molecule has 68 valence electrons. The van der Waals surface area contributed by atoms with Crippen molar-refractivity contribution in [2.45, 2.75) is 20.0 Å². The number of rotatable bonds is 4. The zero-order valence-corrected chi connectivity index (χ0v) is 7.92. The maximum atomic E-state index is 5.36. The summed E-state index contributed by atoms with van der Waals surface area (Å²) in [5, 5.41) is 0. The van der Waals surface area contributed by atoms with Crippen LogP contribution in [0.3, 0.4) is 0 Å². The Bertz CT molecular complexity index is 279. The van der Waals surface area contributed by atoms with Gasteiger partial charge in [0.05, 0.1) is 13.2 Å². The van der Waals surface area contributed by atoms with Crippen molar-refractivity contribution in [2.24, 2.45) is 0 Å². The van der Waals surface area contributed by atoms with Gasteiger partial charge in [-0.25, -0.2) is 0 Å². The largest absolute Gasteiger partial charge is 0.376 e. The van der Waals surface area contributed by atoms with E-state index in [-0.39, 0.29) is 0 Å². The van der Waals surface area contributed by atoms with E-state index in [1.165, 1.54) is 11.1 Å². The first-order chi connectivity index (χ1) is 6.33. The van der Waals surface area contributed by atoms with E-state index >= 15 is 0 Å². The lowest BCUT2D eigenvalue weighted by Gasteiger charge is -2.02. The van der Waals surface area contributed by atoms with E-state index in [2.05, 4.69) is 37.1 Å². The molecule has 1 heteroatoms. The van der Waals surface area contributed by atoms with Crippen molar-refractivity contribution in [3.8, 4) is 12.3 Å². The van der Waals surface area contributed by atoms with Gasteiger partial charge in [-0.3, -0.25) is 0 Å². The fourth-order valence-corrected chi connectivity index (χ4v) is 1.01. The molecule has 0 amide bonds. The first-order valence-corrected chi connectivity index (χ1v) is 4.39. The monoisotopic (exact) mass is 174 g/mol. The average molecular weight is 174 g/mol. The van der Waals surface area contributed by atoms with Gasteiger partial charge in [0.25, 0.3) is 0 Å². The molecule has 1 nitrogen and oxygen atoms in total. The minimum Gasteiger partial charge on any atom is -0.376 e. The van der Waals surface area contributed by atoms with Gasteiger partial charge in [0.1, 0.15) is 0 Å². The van der Waals surface area contributed by atoms with Crippen molar-refractivity contribution < 1.29 is 4.74 Å². The zero-order valence-electron chi connectivity index (χ0n) is 7.92. The van der Waals surface area contributed by atoms with Crippen LogP contribution in [0.15, 0.2) is 24.3 Å². The summed E-state index contributed by atoms with van der Waals surface area (Å²) in [5.41, 5.74) is 2.47. The Morgan fingerprint density at radius 3 is 2.62 bits per heavy atom. The summed E-state index contributed by atoms with van der Waals surface area (Å²) < 4.78 is 5.36. The molecule has 1 aromatic rings. The van der Waals surface area contributed by atoms with Crippen LogP contribution in [0.5, 0.6) is 0 Å². The molecule has 1 aromatic carbocycles. The molecule has 0 aliphatic carbocycles. The standard InChI is InChI=1S/C12H14O/c1-3-4-9-13-10-12-7-5-11(2)6-8-12/h1,5-8H,4,9-10H2,2H3. The van der Waals surface area contributed by atoms with Crippen LogP contribution in [-0.2, 0) is 11.3 Å². The molecule has 0 N–H and O–H groups in total. The predicted octanol–water partition coefficient (Wildman–Crippen LogP) is 2.53. The predicted molar refractivity (Wildman–Crippen MR) is 54.3 cm³/mol. The molecule has 0 saturated carbocycles. The van der Waals surface area contributed by atoms with Crippen LogP contribution in [0.4, 0.5) is 0 Å². The lowest BCUT2D eigenvalue weighted by molar-refractivity contribution is 0.126. The van der Waals surface area contributed by atoms with Gasteiger partial charge in [0, 0.05) is 6.42 Å². The van der Waals surface area contributed by atoms with E-state index in [4.69, 9.17) is 11.2 Å². The first kappa shape index (κ1) is 9.83. The Balaban J connectivity index is 2.30. The molecule has 0 bridgehead atoms. The third-order valence-electron chi connectivity index (χ3n) is 1.78. The van der Waals surface area contributed by atoms with Gasteiger partial charge in [0.2, 0.25) is 0 Å². The quantitative estimate of drug-likeness (QED) is 0.503. The third kappa shape index (κ3) is 3.78. The number of terminal acetylenes is 1. The fourth-order valence-electron chi connectivity index (χ4n) is 1.01. The molecule has 0 unspecified atom stereocenters. The van der Waals surface area contributed by atoms with Crippen LogP contribution in [-0.4, -0.2) is 6.61 Å². The van der Waals surface area contributed by atoms with Gasteiger partial charge in [-0.1, -0.05) is 29.8 Å². The van der Waals surface area contributed by atoms with Gasteiger partial charge in [-0.2, -0.15) is 0 Å². The second-order valence-corrected chi connectivity index (χ2v) is 2.99. The summed E-state index contributed by atoms with van der Waals surface area (Å²) in [6.45, 7) is 3.37. The van der Waals surface area contributed by atoms with Crippen LogP contribution in [0.25, 0.3) is 0 Å². The molecule has 0 saturated heterocycles. The second kappa shape index (κ2) is 5.40. The maximum Gasteiger partial charge on any atom is 0.0717 e. The molecule has 0 fully saturated rings. The highest BCUT2D eigenvalue weighted by Crippen LogP contribution is 2.04. The van der Waals surface area contributed by atoms with Crippen LogP contribution >= 0.6 is 0 Å². The lowest BCUT2D eigenvalue weighted by atomic mass is 10.2. The third-order valence-corrected chi connectivity index (χ3v) is 1.78. The normalized spacial score (nSPS) is 9.54. The topological polar surface area (TPSA) is 9.23 Å². The first-order valence-electron chi connectivity index (χ1n) is 4.39. The second-order valence-electron chi connectivity index (χ2n) is 2.99. The van der Waals surface area contributed by atoms with E-state index < -0.39 is 0 Å². The molecular formula is C12H14O. The van der Waals surface area contributed by atoms with Gasteiger partial charge in [-0.05, 0) is 12.5 Å². The fraction of sp³-hybridized carbons (Fsp3) is 0.333. The number of hydrogen-bond donors (Lipinski definition) is 0. The van der Waals surface area contributed by atoms with Gasteiger partial charge >= 0.3 is 0 Å². The van der Waals surface area contributed by atoms with Gasteiger partial charge < -0.3 is 4.74 Å². The summed E-state index contributed by atoms with van der Waals surface area (Å²) in [6, 6.07) is 8.32. The summed E-state index contributed by atoms with van der Waals surface area (Å²) in [5.74, 6) is 2.54. The molecule has 0 heterocycles. The Morgan fingerprint density at radius 2 is 2.00 bits per heavy atom. The van der Waals surface area contributed by atoms with Crippen LogP contribution in [0, 0.1) is 19.3 Å².